The van der Waals surface area contributed by atoms with Crippen LogP contribution >= 0.6 is 0 Å². The second-order valence-electron chi connectivity index (χ2n) is 6.23. The first-order valence-electron chi connectivity index (χ1n) is 7.13. The lowest BCUT2D eigenvalue weighted by Crippen LogP contribution is -2.28. The average molecular weight is 252 g/mol. The largest absolute Gasteiger partial charge is 0.0622 e. The third kappa shape index (κ3) is 2.89. The van der Waals surface area contributed by atoms with Crippen molar-refractivity contribution >= 4 is 0 Å². The van der Waals surface area contributed by atoms with Gasteiger partial charge in [-0.2, -0.15) is 0 Å². The van der Waals surface area contributed by atoms with Crippen molar-refractivity contribution in [3.8, 4) is 0 Å². The lowest BCUT2D eigenvalue weighted by Gasteiger charge is -2.39. The maximum atomic E-state index is 2.38. The molecule has 0 nitrogen and oxygen atoms in total. The second kappa shape index (κ2) is 5.61. The van der Waals surface area contributed by atoms with E-state index in [1.807, 2.05) is 0 Å². The van der Waals surface area contributed by atoms with Crippen molar-refractivity contribution in [2.45, 2.75) is 33.6 Å². The molecule has 0 aliphatic carbocycles. The first-order chi connectivity index (χ1) is 9.03. The summed E-state index contributed by atoms with van der Waals surface area (Å²) < 4.78 is 0. The van der Waals surface area contributed by atoms with Crippen LogP contribution in [0.2, 0.25) is 0 Å². The highest BCUT2D eigenvalue weighted by molar-refractivity contribution is 5.34. The van der Waals surface area contributed by atoms with E-state index in [1.165, 1.54) is 11.1 Å². The molecule has 0 atom stereocenters. The molecule has 0 unspecified atom stereocenters. The molecule has 0 fully saturated rings. The van der Waals surface area contributed by atoms with Crippen LogP contribution in [0.5, 0.6) is 0 Å². The predicted molar refractivity (Wildman–Crippen MR) is 83.3 cm³/mol. The molecule has 0 N–H and O–H groups in total. The Morgan fingerprint density at radius 3 is 1.37 bits per heavy atom. The van der Waals surface area contributed by atoms with E-state index in [0.717, 1.165) is 0 Å². The molecule has 0 saturated heterocycles. The van der Waals surface area contributed by atoms with Gasteiger partial charge in [0.1, 0.15) is 0 Å². The molecule has 0 heterocycles. The molecule has 19 heavy (non-hydrogen) atoms. The Bertz CT molecular complexity index is 455. The lowest BCUT2D eigenvalue weighted by atomic mass is 9.65. The van der Waals surface area contributed by atoms with Crippen LogP contribution in [0, 0.1) is 11.3 Å². The van der Waals surface area contributed by atoms with Crippen molar-refractivity contribution in [2.24, 2.45) is 11.3 Å². The Hall–Kier alpha value is -1.56. The molecule has 100 valence electrons. The fourth-order valence-electron chi connectivity index (χ4n) is 2.68. The molecular weight excluding hydrogens is 228 g/mol. The van der Waals surface area contributed by atoms with Crippen LogP contribution in [0.3, 0.4) is 0 Å². The van der Waals surface area contributed by atoms with Gasteiger partial charge in [-0.1, -0.05) is 88.4 Å². The van der Waals surface area contributed by atoms with Gasteiger partial charge in [0, 0.05) is 5.92 Å². The highest BCUT2D eigenvalue weighted by atomic mass is 14.4. The summed E-state index contributed by atoms with van der Waals surface area (Å²) in [7, 11) is 0. The molecule has 0 heteroatoms. The van der Waals surface area contributed by atoms with Crippen molar-refractivity contribution in [2.75, 3.05) is 0 Å². The van der Waals surface area contributed by atoms with Crippen molar-refractivity contribution < 1.29 is 0 Å². The Morgan fingerprint density at radius 1 is 0.684 bits per heavy atom. The Kier molecular flexibility index (Phi) is 4.09. The molecule has 0 aliphatic heterocycles. The fraction of sp³-hybridized carbons (Fsp3) is 0.368. The smallest absolute Gasteiger partial charge is 0.0143 e. The summed E-state index contributed by atoms with van der Waals surface area (Å²) in [5.74, 6) is 1.06. The molecule has 0 saturated carbocycles. The predicted octanol–water partition coefficient (Wildman–Crippen LogP) is 5.50. The van der Waals surface area contributed by atoms with Crippen LogP contribution < -0.4 is 0 Å². The number of hydrogen-bond donors (Lipinski definition) is 0. The van der Waals surface area contributed by atoms with Gasteiger partial charge < -0.3 is 0 Å². The quantitative estimate of drug-likeness (QED) is 0.674. The highest BCUT2D eigenvalue weighted by Crippen LogP contribution is 2.45. The van der Waals surface area contributed by atoms with Gasteiger partial charge in [0.2, 0.25) is 0 Å². The molecule has 2 rings (SSSR count). The highest BCUT2D eigenvalue weighted by Gasteiger charge is 2.34. The summed E-state index contributed by atoms with van der Waals surface area (Å²) in [5.41, 5.74) is 3.04. The number of benzene rings is 2. The van der Waals surface area contributed by atoms with Gasteiger partial charge >= 0.3 is 0 Å². The van der Waals surface area contributed by atoms with E-state index < -0.39 is 0 Å². The molecule has 2 aromatic carbocycles. The standard InChI is InChI=1S/C19H24/c1-15(2)19(3,4)18(16-11-7-5-8-12-16)17-13-9-6-10-14-17/h5-15,18H,1-4H3. The van der Waals surface area contributed by atoms with Crippen molar-refractivity contribution in [1.82, 2.24) is 0 Å². The molecule has 0 aromatic heterocycles. The Morgan fingerprint density at radius 2 is 1.05 bits per heavy atom. The summed E-state index contributed by atoms with van der Waals surface area (Å²) in [6.45, 7) is 9.39. The summed E-state index contributed by atoms with van der Waals surface area (Å²) in [5, 5.41) is 0. The SMILES string of the molecule is CC(C)C(C)(C)C(c1ccccc1)c1ccccc1. The van der Waals surface area contributed by atoms with Gasteiger partial charge in [-0.25, -0.2) is 0 Å². The van der Waals surface area contributed by atoms with E-state index in [1.54, 1.807) is 0 Å². The topological polar surface area (TPSA) is 0 Å². The maximum absolute atomic E-state index is 2.38. The van der Waals surface area contributed by atoms with Crippen LogP contribution in [-0.4, -0.2) is 0 Å². The number of hydrogen-bond acceptors (Lipinski definition) is 0. The second-order valence-corrected chi connectivity index (χ2v) is 6.23. The maximum Gasteiger partial charge on any atom is 0.0143 e. The van der Waals surface area contributed by atoms with Crippen molar-refractivity contribution in [3.63, 3.8) is 0 Å². The van der Waals surface area contributed by atoms with Gasteiger partial charge in [-0.15, -0.1) is 0 Å². The van der Waals surface area contributed by atoms with Crippen molar-refractivity contribution in [1.29, 1.82) is 0 Å². The number of rotatable bonds is 4. The summed E-state index contributed by atoms with van der Waals surface area (Å²) in [6.07, 6.45) is 0. The van der Waals surface area contributed by atoms with E-state index in [0.29, 0.717) is 11.8 Å². The van der Waals surface area contributed by atoms with E-state index in [4.69, 9.17) is 0 Å². The monoisotopic (exact) mass is 252 g/mol. The first kappa shape index (κ1) is 13.9. The van der Waals surface area contributed by atoms with Crippen LogP contribution in [0.1, 0.15) is 44.7 Å². The minimum Gasteiger partial charge on any atom is -0.0622 e. The molecule has 0 amide bonds. The normalized spacial score (nSPS) is 12.1. The molecule has 0 spiro atoms. The summed E-state index contributed by atoms with van der Waals surface area (Å²) in [6, 6.07) is 21.8. The van der Waals surface area contributed by atoms with Crippen molar-refractivity contribution in [3.05, 3.63) is 71.8 Å². The van der Waals surface area contributed by atoms with Gasteiger partial charge in [-0.3, -0.25) is 0 Å². The third-order valence-electron chi connectivity index (χ3n) is 4.50. The average Bonchev–Trinajstić information content (AvgIpc) is 2.41. The molecule has 2 aromatic rings. The van der Waals surface area contributed by atoms with E-state index in [-0.39, 0.29) is 5.41 Å². The van der Waals surface area contributed by atoms with Gasteiger partial charge in [0.05, 0.1) is 0 Å². The molecule has 0 bridgehead atoms. The summed E-state index contributed by atoms with van der Waals surface area (Å²) >= 11 is 0. The minimum atomic E-state index is 0.225. The Balaban J connectivity index is 2.52. The van der Waals surface area contributed by atoms with Gasteiger partial charge in [-0.05, 0) is 22.5 Å². The molecular formula is C19H24. The van der Waals surface area contributed by atoms with Crippen LogP contribution in [0.4, 0.5) is 0 Å². The van der Waals surface area contributed by atoms with Crippen LogP contribution in [0.25, 0.3) is 0 Å². The zero-order chi connectivity index (χ0) is 13.9. The minimum absolute atomic E-state index is 0.225. The van der Waals surface area contributed by atoms with E-state index in [2.05, 4.69) is 88.4 Å². The van der Waals surface area contributed by atoms with E-state index in [9.17, 15) is 0 Å². The van der Waals surface area contributed by atoms with Gasteiger partial charge in [0.25, 0.3) is 0 Å². The van der Waals surface area contributed by atoms with Crippen LogP contribution in [0.15, 0.2) is 60.7 Å². The fourth-order valence-corrected chi connectivity index (χ4v) is 2.68. The lowest BCUT2D eigenvalue weighted by molar-refractivity contribution is 0.215. The first-order valence-corrected chi connectivity index (χ1v) is 7.13. The molecule has 0 aliphatic rings. The Labute approximate surface area is 117 Å². The zero-order valence-corrected chi connectivity index (χ0v) is 12.4. The zero-order valence-electron chi connectivity index (χ0n) is 12.4. The van der Waals surface area contributed by atoms with Gasteiger partial charge in [0.15, 0.2) is 0 Å². The third-order valence-corrected chi connectivity index (χ3v) is 4.50. The summed E-state index contributed by atoms with van der Waals surface area (Å²) in [4.78, 5) is 0. The van der Waals surface area contributed by atoms with Crippen LogP contribution in [-0.2, 0) is 0 Å². The molecule has 0 radical (unpaired) electrons. The van der Waals surface area contributed by atoms with E-state index >= 15 is 0 Å².